The van der Waals surface area contributed by atoms with E-state index in [2.05, 4.69) is 17.0 Å². The first kappa shape index (κ1) is 9.40. The molecule has 1 saturated heterocycles. The summed E-state index contributed by atoms with van der Waals surface area (Å²) >= 11 is 0. The van der Waals surface area contributed by atoms with E-state index in [1.165, 1.54) is 50.0 Å². The molecule has 0 radical (unpaired) electrons. The highest BCUT2D eigenvalue weighted by molar-refractivity contribution is 5.33. The maximum atomic E-state index is 4.73. The second kappa shape index (κ2) is 3.63. The summed E-state index contributed by atoms with van der Waals surface area (Å²) in [6.07, 6.45) is 6.44. The van der Waals surface area contributed by atoms with E-state index in [0.29, 0.717) is 5.92 Å². The lowest BCUT2D eigenvalue weighted by Crippen LogP contribution is -2.29. The molecule has 0 bridgehead atoms. The number of hydrogen-bond donors (Lipinski definition) is 1. The van der Waals surface area contributed by atoms with Crippen LogP contribution < -0.4 is 5.32 Å². The number of aryl methyl sites for hydroxylation is 1. The van der Waals surface area contributed by atoms with Crippen molar-refractivity contribution in [1.82, 2.24) is 15.1 Å². The van der Waals surface area contributed by atoms with Crippen molar-refractivity contribution >= 4 is 0 Å². The van der Waals surface area contributed by atoms with Crippen LogP contribution in [0.1, 0.15) is 42.1 Å². The average molecular weight is 205 g/mol. The molecule has 1 fully saturated rings. The summed E-state index contributed by atoms with van der Waals surface area (Å²) in [5, 5.41) is 8.22. The molecule has 1 aliphatic carbocycles. The summed E-state index contributed by atoms with van der Waals surface area (Å²) in [7, 11) is 2.10. The van der Waals surface area contributed by atoms with Crippen molar-refractivity contribution in [3.05, 3.63) is 17.0 Å². The first-order chi connectivity index (χ1) is 7.36. The second-order valence-electron chi connectivity index (χ2n) is 4.83. The summed E-state index contributed by atoms with van der Waals surface area (Å²) in [6, 6.07) is 0. The third-order valence-corrected chi connectivity index (χ3v) is 3.83. The quantitative estimate of drug-likeness (QED) is 0.750. The molecule has 2 aliphatic rings. The van der Waals surface area contributed by atoms with E-state index in [4.69, 9.17) is 5.10 Å². The Morgan fingerprint density at radius 3 is 3.07 bits per heavy atom. The maximum Gasteiger partial charge on any atom is 0.0702 e. The van der Waals surface area contributed by atoms with Crippen LogP contribution >= 0.6 is 0 Å². The minimum atomic E-state index is 0.673. The highest BCUT2D eigenvalue weighted by atomic mass is 15.3. The van der Waals surface area contributed by atoms with Crippen molar-refractivity contribution in [2.45, 2.75) is 38.0 Å². The predicted octanol–water partition coefficient (Wildman–Crippen LogP) is 1.38. The van der Waals surface area contributed by atoms with Crippen LogP contribution in [0.2, 0.25) is 0 Å². The Hall–Kier alpha value is -0.830. The largest absolute Gasteiger partial charge is 0.316 e. The highest BCUT2D eigenvalue weighted by Gasteiger charge is 2.26. The fraction of sp³-hybridized carbons (Fsp3) is 0.750. The minimum absolute atomic E-state index is 0.673. The van der Waals surface area contributed by atoms with Crippen molar-refractivity contribution in [2.75, 3.05) is 13.1 Å². The lowest BCUT2D eigenvalue weighted by atomic mass is 9.93. The van der Waals surface area contributed by atoms with Gasteiger partial charge >= 0.3 is 0 Å². The molecule has 3 nitrogen and oxygen atoms in total. The van der Waals surface area contributed by atoms with Crippen molar-refractivity contribution in [3.8, 4) is 0 Å². The van der Waals surface area contributed by atoms with Gasteiger partial charge in [-0.3, -0.25) is 4.68 Å². The van der Waals surface area contributed by atoms with Crippen LogP contribution in [-0.4, -0.2) is 22.9 Å². The molecule has 0 unspecified atom stereocenters. The van der Waals surface area contributed by atoms with Crippen LogP contribution in [0.3, 0.4) is 0 Å². The first-order valence-electron chi connectivity index (χ1n) is 6.11. The van der Waals surface area contributed by atoms with E-state index in [1.54, 1.807) is 5.56 Å². The van der Waals surface area contributed by atoms with Crippen molar-refractivity contribution in [1.29, 1.82) is 0 Å². The molecule has 1 aliphatic heterocycles. The summed E-state index contributed by atoms with van der Waals surface area (Å²) in [6.45, 7) is 2.31. The zero-order valence-corrected chi connectivity index (χ0v) is 9.42. The van der Waals surface area contributed by atoms with Gasteiger partial charge in [-0.1, -0.05) is 0 Å². The maximum absolute atomic E-state index is 4.73. The molecule has 1 atom stereocenters. The monoisotopic (exact) mass is 205 g/mol. The second-order valence-corrected chi connectivity index (χ2v) is 4.83. The SMILES string of the molecule is Cn1nc([C@@H]2CCCNC2)c2c1CCC2. The van der Waals surface area contributed by atoms with Crippen LogP contribution in [0.25, 0.3) is 0 Å². The number of piperidine rings is 1. The summed E-state index contributed by atoms with van der Waals surface area (Å²) in [4.78, 5) is 0. The van der Waals surface area contributed by atoms with E-state index in [9.17, 15) is 0 Å². The average Bonchev–Trinajstić information content (AvgIpc) is 2.84. The van der Waals surface area contributed by atoms with Gasteiger partial charge in [0.15, 0.2) is 0 Å². The predicted molar refractivity (Wildman–Crippen MR) is 60.1 cm³/mol. The standard InChI is InChI=1S/C12H19N3/c1-15-11-6-2-5-10(11)12(14-15)9-4-3-7-13-8-9/h9,13H,2-8H2,1H3/t9-/m1/s1. The molecular weight excluding hydrogens is 186 g/mol. The van der Waals surface area contributed by atoms with Gasteiger partial charge in [0, 0.05) is 25.2 Å². The molecule has 0 saturated carbocycles. The molecule has 3 heteroatoms. The Morgan fingerprint density at radius 1 is 1.33 bits per heavy atom. The number of nitrogens with one attached hydrogen (secondary N) is 1. The molecular formula is C12H19N3. The number of hydrogen-bond acceptors (Lipinski definition) is 2. The lowest BCUT2D eigenvalue weighted by molar-refractivity contribution is 0.449. The summed E-state index contributed by atoms with van der Waals surface area (Å²) in [5.74, 6) is 0.673. The molecule has 2 heterocycles. The Morgan fingerprint density at radius 2 is 2.27 bits per heavy atom. The zero-order chi connectivity index (χ0) is 10.3. The van der Waals surface area contributed by atoms with E-state index in [-0.39, 0.29) is 0 Å². The lowest BCUT2D eigenvalue weighted by Gasteiger charge is -2.21. The van der Waals surface area contributed by atoms with Gasteiger partial charge in [0.25, 0.3) is 0 Å². The molecule has 15 heavy (non-hydrogen) atoms. The molecule has 3 rings (SSSR count). The van der Waals surface area contributed by atoms with Crippen molar-refractivity contribution < 1.29 is 0 Å². The van der Waals surface area contributed by atoms with Gasteiger partial charge in [-0.15, -0.1) is 0 Å². The molecule has 1 aromatic rings. The van der Waals surface area contributed by atoms with Crippen LogP contribution in [0.5, 0.6) is 0 Å². The number of nitrogens with zero attached hydrogens (tertiary/aromatic N) is 2. The van der Waals surface area contributed by atoms with Gasteiger partial charge in [0.2, 0.25) is 0 Å². The van der Waals surface area contributed by atoms with Gasteiger partial charge in [0.05, 0.1) is 5.69 Å². The summed E-state index contributed by atoms with van der Waals surface area (Å²) < 4.78 is 2.12. The fourth-order valence-corrected chi connectivity index (χ4v) is 3.06. The van der Waals surface area contributed by atoms with Crippen molar-refractivity contribution in [2.24, 2.45) is 7.05 Å². The Balaban J connectivity index is 1.93. The van der Waals surface area contributed by atoms with Gasteiger partial charge in [-0.25, -0.2) is 0 Å². The topological polar surface area (TPSA) is 29.9 Å². The van der Waals surface area contributed by atoms with Gasteiger partial charge in [-0.2, -0.15) is 5.10 Å². The normalized spacial score (nSPS) is 25.5. The van der Waals surface area contributed by atoms with E-state index in [1.807, 2.05) is 0 Å². The molecule has 0 aromatic carbocycles. The van der Waals surface area contributed by atoms with E-state index < -0.39 is 0 Å². The third-order valence-electron chi connectivity index (χ3n) is 3.83. The third kappa shape index (κ3) is 1.49. The van der Waals surface area contributed by atoms with Gasteiger partial charge in [-0.05, 0) is 44.2 Å². The minimum Gasteiger partial charge on any atom is -0.316 e. The molecule has 0 spiro atoms. The number of aromatic nitrogens is 2. The summed E-state index contributed by atoms with van der Waals surface area (Å²) in [5.41, 5.74) is 4.47. The Labute approximate surface area is 90.9 Å². The molecule has 0 amide bonds. The number of rotatable bonds is 1. The Kier molecular flexibility index (Phi) is 2.28. The van der Waals surface area contributed by atoms with Crippen molar-refractivity contribution in [3.63, 3.8) is 0 Å². The van der Waals surface area contributed by atoms with E-state index in [0.717, 1.165) is 6.54 Å². The zero-order valence-electron chi connectivity index (χ0n) is 9.42. The first-order valence-corrected chi connectivity index (χ1v) is 6.11. The van der Waals surface area contributed by atoms with Crippen LogP contribution in [0.4, 0.5) is 0 Å². The molecule has 1 aromatic heterocycles. The van der Waals surface area contributed by atoms with E-state index >= 15 is 0 Å². The number of fused-ring (bicyclic) bond motifs is 1. The molecule has 1 N–H and O–H groups in total. The smallest absolute Gasteiger partial charge is 0.0702 e. The molecule has 82 valence electrons. The Bertz CT molecular complexity index is 361. The highest BCUT2D eigenvalue weighted by Crippen LogP contribution is 2.32. The van der Waals surface area contributed by atoms with Gasteiger partial charge < -0.3 is 5.32 Å². The van der Waals surface area contributed by atoms with Crippen LogP contribution in [0.15, 0.2) is 0 Å². The fourth-order valence-electron chi connectivity index (χ4n) is 3.06. The van der Waals surface area contributed by atoms with Crippen LogP contribution in [-0.2, 0) is 19.9 Å². The van der Waals surface area contributed by atoms with Gasteiger partial charge in [0.1, 0.15) is 0 Å². The van der Waals surface area contributed by atoms with Crippen LogP contribution in [0, 0.1) is 0 Å².